The fraction of sp³-hybridized carbons (Fsp3) is 0.400. The van der Waals surface area contributed by atoms with Crippen molar-refractivity contribution in [3.8, 4) is 0 Å². The lowest BCUT2D eigenvalue weighted by Crippen LogP contribution is -2.30. The van der Waals surface area contributed by atoms with E-state index in [-0.39, 0.29) is 11.5 Å². The molecular weight excluding hydrogens is 254 g/mol. The Morgan fingerprint density at radius 1 is 1.25 bits per heavy atom. The van der Waals surface area contributed by atoms with E-state index in [1.54, 1.807) is 18.2 Å². The summed E-state index contributed by atoms with van der Waals surface area (Å²) in [6.07, 6.45) is 1.83. The SMILES string of the molecule is CCCCn1nc(C(=O)NCC)c2ccccc2c1=O. The molecule has 0 saturated heterocycles. The molecule has 0 unspecified atom stereocenters. The van der Waals surface area contributed by atoms with Crippen LogP contribution in [0.4, 0.5) is 0 Å². The summed E-state index contributed by atoms with van der Waals surface area (Å²) in [6.45, 7) is 4.97. The predicted molar refractivity (Wildman–Crippen MR) is 78.9 cm³/mol. The number of aryl methyl sites for hydroxylation is 1. The summed E-state index contributed by atoms with van der Waals surface area (Å²) in [5, 5.41) is 8.14. The molecule has 0 radical (unpaired) electrons. The van der Waals surface area contributed by atoms with E-state index in [0.717, 1.165) is 12.8 Å². The molecule has 0 atom stereocenters. The standard InChI is InChI=1S/C15H19N3O2/c1-3-5-10-18-15(20)12-9-7-6-8-11(12)13(17-18)14(19)16-4-2/h6-9H,3-5,10H2,1-2H3,(H,16,19). The maximum absolute atomic E-state index is 12.3. The molecule has 0 spiro atoms. The zero-order chi connectivity index (χ0) is 14.5. The van der Waals surface area contributed by atoms with Crippen LogP contribution in [0.1, 0.15) is 37.2 Å². The number of hydrogen-bond acceptors (Lipinski definition) is 3. The van der Waals surface area contributed by atoms with E-state index in [9.17, 15) is 9.59 Å². The van der Waals surface area contributed by atoms with Crippen molar-refractivity contribution >= 4 is 16.7 Å². The second kappa shape index (κ2) is 6.32. The Morgan fingerprint density at radius 2 is 1.95 bits per heavy atom. The van der Waals surface area contributed by atoms with Gasteiger partial charge in [-0.25, -0.2) is 4.68 Å². The Hall–Kier alpha value is -2.17. The van der Waals surface area contributed by atoms with Gasteiger partial charge >= 0.3 is 0 Å². The van der Waals surface area contributed by atoms with Crippen LogP contribution in [0.5, 0.6) is 0 Å². The highest BCUT2D eigenvalue weighted by molar-refractivity contribution is 6.04. The summed E-state index contributed by atoms with van der Waals surface area (Å²) in [5.41, 5.74) is 0.181. The third-order valence-electron chi connectivity index (χ3n) is 3.14. The molecule has 0 bridgehead atoms. The molecule has 2 rings (SSSR count). The lowest BCUT2D eigenvalue weighted by atomic mass is 10.1. The minimum Gasteiger partial charge on any atom is -0.351 e. The molecule has 1 aromatic heterocycles. The monoisotopic (exact) mass is 273 g/mol. The number of nitrogens with one attached hydrogen (secondary N) is 1. The highest BCUT2D eigenvalue weighted by Crippen LogP contribution is 2.13. The Kier molecular flexibility index (Phi) is 4.50. The molecule has 20 heavy (non-hydrogen) atoms. The Morgan fingerprint density at radius 3 is 2.60 bits per heavy atom. The van der Waals surface area contributed by atoms with E-state index >= 15 is 0 Å². The summed E-state index contributed by atoms with van der Waals surface area (Å²) >= 11 is 0. The normalized spacial score (nSPS) is 10.7. The third-order valence-corrected chi connectivity index (χ3v) is 3.14. The van der Waals surface area contributed by atoms with Crippen LogP contribution in [-0.4, -0.2) is 22.2 Å². The Labute approximate surface area is 117 Å². The van der Waals surface area contributed by atoms with Gasteiger partial charge in [-0.1, -0.05) is 31.5 Å². The van der Waals surface area contributed by atoms with Crippen molar-refractivity contribution < 1.29 is 4.79 Å². The molecule has 0 fully saturated rings. The van der Waals surface area contributed by atoms with Gasteiger partial charge in [0.05, 0.1) is 5.39 Å². The number of benzene rings is 1. The first-order valence-electron chi connectivity index (χ1n) is 6.97. The number of unbranched alkanes of at least 4 members (excludes halogenated alkanes) is 1. The van der Waals surface area contributed by atoms with Gasteiger partial charge in [0, 0.05) is 18.5 Å². The molecule has 0 aliphatic rings. The molecule has 1 heterocycles. The van der Waals surface area contributed by atoms with E-state index in [4.69, 9.17) is 0 Å². The largest absolute Gasteiger partial charge is 0.351 e. The smallest absolute Gasteiger partial charge is 0.274 e. The van der Waals surface area contributed by atoms with Gasteiger partial charge < -0.3 is 5.32 Å². The molecule has 0 aliphatic heterocycles. The van der Waals surface area contributed by atoms with Crippen molar-refractivity contribution in [3.05, 3.63) is 40.3 Å². The second-order valence-electron chi connectivity index (χ2n) is 4.64. The summed E-state index contributed by atoms with van der Waals surface area (Å²) in [4.78, 5) is 24.4. The van der Waals surface area contributed by atoms with Gasteiger partial charge in [-0.3, -0.25) is 9.59 Å². The lowest BCUT2D eigenvalue weighted by molar-refractivity contribution is 0.0950. The van der Waals surface area contributed by atoms with Crippen molar-refractivity contribution in [2.24, 2.45) is 0 Å². The fourth-order valence-corrected chi connectivity index (χ4v) is 2.11. The Balaban J connectivity index is 2.62. The van der Waals surface area contributed by atoms with Crippen molar-refractivity contribution in [1.82, 2.24) is 15.1 Å². The van der Waals surface area contributed by atoms with Gasteiger partial charge in [-0.2, -0.15) is 5.10 Å². The van der Waals surface area contributed by atoms with Gasteiger partial charge in [-0.05, 0) is 19.4 Å². The molecular formula is C15H19N3O2. The average Bonchev–Trinajstić information content (AvgIpc) is 2.47. The first-order valence-corrected chi connectivity index (χ1v) is 6.97. The van der Waals surface area contributed by atoms with Crippen molar-refractivity contribution in [3.63, 3.8) is 0 Å². The van der Waals surface area contributed by atoms with E-state index in [0.29, 0.717) is 29.6 Å². The van der Waals surface area contributed by atoms with E-state index in [1.807, 2.05) is 13.0 Å². The molecule has 5 nitrogen and oxygen atoms in total. The van der Waals surface area contributed by atoms with Crippen LogP contribution in [0.15, 0.2) is 29.1 Å². The van der Waals surface area contributed by atoms with Crippen molar-refractivity contribution in [1.29, 1.82) is 0 Å². The molecule has 106 valence electrons. The van der Waals surface area contributed by atoms with Crippen LogP contribution >= 0.6 is 0 Å². The number of rotatable bonds is 5. The lowest BCUT2D eigenvalue weighted by Gasteiger charge is -2.10. The number of carbonyl (C=O) groups is 1. The number of hydrogen-bond donors (Lipinski definition) is 1. The number of fused-ring (bicyclic) bond motifs is 1. The minimum atomic E-state index is -0.242. The number of aromatic nitrogens is 2. The van der Waals surface area contributed by atoms with Gasteiger partial charge in [0.25, 0.3) is 11.5 Å². The van der Waals surface area contributed by atoms with Crippen molar-refractivity contribution in [2.75, 3.05) is 6.54 Å². The molecule has 5 heteroatoms. The summed E-state index contributed by atoms with van der Waals surface area (Å²) in [6, 6.07) is 7.11. The molecule has 0 aliphatic carbocycles. The van der Waals surface area contributed by atoms with Gasteiger partial charge in [0.15, 0.2) is 5.69 Å². The van der Waals surface area contributed by atoms with Gasteiger partial charge in [0.1, 0.15) is 0 Å². The van der Waals surface area contributed by atoms with Crippen LogP contribution in [0.2, 0.25) is 0 Å². The van der Waals surface area contributed by atoms with Gasteiger partial charge in [-0.15, -0.1) is 0 Å². The molecule has 2 aromatic rings. The second-order valence-corrected chi connectivity index (χ2v) is 4.64. The maximum atomic E-state index is 12.3. The number of nitrogens with zero attached hydrogens (tertiary/aromatic N) is 2. The molecule has 1 amide bonds. The summed E-state index contributed by atoms with van der Waals surface area (Å²) in [7, 11) is 0. The highest BCUT2D eigenvalue weighted by atomic mass is 16.2. The number of carbonyl (C=O) groups excluding carboxylic acids is 1. The quantitative estimate of drug-likeness (QED) is 0.905. The topological polar surface area (TPSA) is 64.0 Å². The third kappa shape index (κ3) is 2.71. The van der Waals surface area contributed by atoms with E-state index in [1.165, 1.54) is 4.68 Å². The van der Waals surface area contributed by atoms with E-state index in [2.05, 4.69) is 17.3 Å². The van der Waals surface area contributed by atoms with Gasteiger partial charge in [0.2, 0.25) is 0 Å². The summed E-state index contributed by atoms with van der Waals surface area (Å²) in [5.74, 6) is -0.242. The van der Waals surface area contributed by atoms with Crippen molar-refractivity contribution in [2.45, 2.75) is 33.2 Å². The molecule has 0 saturated carbocycles. The van der Waals surface area contributed by atoms with Crippen LogP contribution in [-0.2, 0) is 6.54 Å². The first kappa shape index (κ1) is 14.2. The van der Waals surface area contributed by atoms with Crippen LogP contribution < -0.4 is 10.9 Å². The van der Waals surface area contributed by atoms with E-state index < -0.39 is 0 Å². The van der Waals surface area contributed by atoms with Crippen LogP contribution in [0.25, 0.3) is 10.8 Å². The average molecular weight is 273 g/mol. The maximum Gasteiger partial charge on any atom is 0.274 e. The minimum absolute atomic E-state index is 0.137. The summed E-state index contributed by atoms with van der Waals surface area (Å²) < 4.78 is 1.40. The zero-order valence-corrected chi connectivity index (χ0v) is 11.8. The predicted octanol–water partition coefficient (Wildman–Crippen LogP) is 1.95. The first-order chi connectivity index (χ1) is 9.69. The number of amides is 1. The highest BCUT2D eigenvalue weighted by Gasteiger charge is 2.15. The molecule has 1 N–H and O–H groups in total. The Bertz CT molecular complexity index is 676. The van der Waals surface area contributed by atoms with Crippen LogP contribution in [0, 0.1) is 0 Å². The fourth-order valence-electron chi connectivity index (χ4n) is 2.11. The van der Waals surface area contributed by atoms with Crippen LogP contribution in [0.3, 0.4) is 0 Å². The zero-order valence-electron chi connectivity index (χ0n) is 11.8. The molecule has 1 aromatic carbocycles.